The predicted octanol–water partition coefficient (Wildman–Crippen LogP) is 1.18. The Bertz CT molecular complexity index is 537. The summed E-state index contributed by atoms with van der Waals surface area (Å²) < 4.78 is 18.4. The lowest BCUT2D eigenvalue weighted by Gasteiger charge is -2.12. The van der Waals surface area contributed by atoms with Crippen molar-refractivity contribution in [1.82, 2.24) is 0 Å². The minimum Gasteiger partial charge on any atom is -0.364 e. The molecule has 20 heavy (non-hydrogen) atoms. The van der Waals surface area contributed by atoms with Crippen molar-refractivity contribution in [3.63, 3.8) is 0 Å². The molecule has 7 nitrogen and oxygen atoms in total. The van der Waals surface area contributed by atoms with Crippen molar-refractivity contribution in [2.45, 2.75) is 25.0 Å². The van der Waals surface area contributed by atoms with Crippen molar-refractivity contribution in [1.29, 1.82) is 0 Å². The van der Waals surface area contributed by atoms with E-state index in [0.29, 0.717) is 19.4 Å². The number of halogens is 1. The molecule has 0 saturated carbocycles. The third kappa shape index (κ3) is 3.09. The quantitative estimate of drug-likeness (QED) is 0.637. The zero-order valence-electron chi connectivity index (χ0n) is 10.5. The van der Waals surface area contributed by atoms with Crippen molar-refractivity contribution in [3.8, 4) is 0 Å². The number of nitrogens with one attached hydrogen (secondary N) is 1. The zero-order chi connectivity index (χ0) is 14.7. The zero-order valence-corrected chi connectivity index (χ0v) is 10.5. The minimum absolute atomic E-state index is 0.0544. The molecule has 1 aliphatic rings. The molecule has 2 unspecified atom stereocenters. The van der Waals surface area contributed by atoms with Crippen LogP contribution in [0.1, 0.15) is 12.8 Å². The highest BCUT2D eigenvalue weighted by atomic mass is 19.1. The molecule has 8 heteroatoms. The molecular formula is C12H14FN3O4. The van der Waals surface area contributed by atoms with Crippen LogP contribution in [0, 0.1) is 15.9 Å². The average molecular weight is 283 g/mol. The first kappa shape index (κ1) is 14.4. The monoisotopic (exact) mass is 283 g/mol. The van der Waals surface area contributed by atoms with Gasteiger partial charge in [-0.1, -0.05) is 0 Å². The Balaban J connectivity index is 2.10. The van der Waals surface area contributed by atoms with Crippen molar-refractivity contribution in [2.75, 3.05) is 11.9 Å². The highest BCUT2D eigenvalue weighted by Crippen LogP contribution is 2.27. The number of hydrogen-bond acceptors (Lipinski definition) is 5. The summed E-state index contributed by atoms with van der Waals surface area (Å²) in [5.74, 6) is -1.23. The number of nitro benzene ring substituents is 1. The Kier molecular flexibility index (Phi) is 4.26. The number of benzene rings is 1. The molecule has 0 aliphatic carbocycles. The first-order chi connectivity index (χ1) is 9.51. The molecule has 2 rings (SSSR count). The first-order valence-corrected chi connectivity index (χ1v) is 6.11. The molecule has 0 spiro atoms. The van der Waals surface area contributed by atoms with Gasteiger partial charge in [0.05, 0.1) is 17.1 Å². The Morgan fingerprint density at radius 2 is 2.30 bits per heavy atom. The number of anilines is 1. The van der Waals surface area contributed by atoms with Gasteiger partial charge in [-0.05, 0) is 25.0 Å². The summed E-state index contributed by atoms with van der Waals surface area (Å²) in [4.78, 5) is 22.0. The Hall–Kier alpha value is -2.06. The fourth-order valence-corrected chi connectivity index (χ4v) is 2.05. The maximum absolute atomic E-state index is 13.0. The van der Waals surface area contributed by atoms with Crippen LogP contribution in [-0.4, -0.2) is 29.6 Å². The van der Waals surface area contributed by atoms with Crippen molar-refractivity contribution in [3.05, 3.63) is 34.1 Å². The van der Waals surface area contributed by atoms with Crippen molar-refractivity contribution in [2.24, 2.45) is 5.73 Å². The second kappa shape index (κ2) is 5.93. The standard InChI is InChI=1S/C12H14FN3O4/c13-7-1-3-9(10(5-7)16(18)19)15-12(17)11-4-2-8(6-14)20-11/h1,3,5,8,11H,2,4,6,14H2,(H,15,17). The van der Waals surface area contributed by atoms with Gasteiger partial charge in [0, 0.05) is 6.54 Å². The molecule has 1 amide bonds. The number of nitrogens with zero attached hydrogens (tertiary/aromatic N) is 1. The van der Waals surface area contributed by atoms with E-state index in [0.717, 1.165) is 18.2 Å². The van der Waals surface area contributed by atoms with Crippen LogP contribution in [0.5, 0.6) is 0 Å². The molecular weight excluding hydrogens is 269 g/mol. The summed E-state index contributed by atoms with van der Waals surface area (Å²) in [6.45, 7) is 0.320. The minimum atomic E-state index is -0.753. The van der Waals surface area contributed by atoms with Crippen LogP contribution in [0.3, 0.4) is 0 Å². The van der Waals surface area contributed by atoms with Crippen LogP contribution in [0.2, 0.25) is 0 Å². The molecule has 2 atom stereocenters. The van der Waals surface area contributed by atoms with Crippen molar-refractivity contribution < 1.29 is 18.8 Å². The van der Waals surface area contributed by atoms with E-state index in [-0.39, 0.29) is 11.8 Å². The largest absolute Gasteiger partial charge is 0.364 e. The van der Waals surface area contributed by atoms with Crippen molar-refractivity contribution >= 4 is 17.3 Å². The summed E-state index contributed by atoms with van der Waals surface area (Å²) in [5.41, 5.74) is 4.89. The van der Waals surface area contributed by atoms with E-state index in [1.165, 1.54) is 0 Å². The second-order valence-corrected chi connectivity index (χ2v) is 4.47. The van der Waals surface area contributed by atoms with Crippen LogP contribution in [0.15, 0.2) is 18.2 Å². The summed E-state index contributed by atoms with van der Waals surface area (Å²) >= 11 is 0. The molecule has 1 heterocycles. The lowest BCUT2D eigenvalue weighted by Crippen LogP contribution is -2.30. The highest BCUT2D eigenvalue weighted by molar-refractivity contribution is 5.96. The lowest BCUT2D eigenvalue weighted by atomic mass is 10.2. The third-order valence-corrected chi connectivity index (χ3v) is 3.08. The van der Waals surface area contributed by atoms with Crippen LogP contribution in [0.4, 0.5) is 15.8 Å². The molecule has 1 fully saturated rings. The smallest absolute Gasteiger partial charge is 0.295 e. The molecule has 1 aliphatic heterocycles. The first-order valence-electron chi connectivity index (χ1n) is 6.11. The van der Waals surface area contributed by atoms with Gasteiger partial charge in [-0.2, -0.15) is 0 Å². The maximum Gasteiger partial charge on any atom is 0.295 e. The molecule has 1 saturated heterocycles. The van der Waals surface area contributed by atoms with Crippen LogP contribution in [-0.2, 0) is 9.53 Å². The van der Waals surface area contributed by atoms with Crippen LogP contribution >= 0.6 is 0 Å². The van der Waals surface area contributed by atoms with E-state index in [1.807, 2.05) is 0 Å². The Morgan fingerprint density at radius 1 is 1.55 bits per heavy atom. The fourth-order valence-electron chi connectivity index (χ4n) is 2.05. The maximum atomic E-state index is 13.0. The number of nitrogens with two attached hydrogens (primary N) is 1. The fraction of sp³-hybridized carbons (Fsp3) is 0.417. The highest BCUT2D eigenvalue weighted by Gasteiger charge is 2.31. The molecule has 1 aromatic rings. The molecule has 0 bridgehead atoms. The van der Waals surface area contributed by atoms with Gasteiger partial charge in [-0.25, -0.2) is 4.39 Å². The molecule has 0 aromatic heterocycles. The summed E-state index contributed by atoms with van der Waals surface area (Å²) in [7, 11) is 0. The van der Waals surface area contributed by atoms with Gasteiger partial charge in [-0.3, -0.25) is 14.9 Å². The summed E-state index contributed by atoms with van der Waals surface area (Å²) in [6.07, 6.45) is 0.310. The van der Waals surface area contributed by atoms with E-state index < -0.39 is 28.4 Å². The van der Waals surface area contributed by atoms with E-state index in [9.17, 15) is 19.3 Å². The molecule has 108 valence electrons. The van der Waals surface area contributed by atoms with Gasteiger partial charge in [0.25, 0.3) is 11.6 Å². The SMILES string of the molecule is NCC1CCC(C(=O)Nc2ccc(F)cc2[N+](=O)[O-])O1. The summed E-state index contributed by atoms with van der Waals surface area (Å²) in [6, 6.07) is 2.95. The Morgan fingerprint density at radius 3 is 2.90 bits per heavy atom. The van der Waals surface area contributed by atoms with Gasteiger partial charge in [-0.15, -0.1) is 0 Å². The molecule has 0 radical (unpaired) electrons. The van der Waals surface area contributed by atoms with E-state index in [1.54, 1.807) is 0 Å². The second-order valence-electron chi connectivity index (χ2n) is 4.47. The number of ether oxygens (including phenoxy) is 1. The molecule has 3 N–H and O–H groups in total. The van der Waals surface area contributed by atoms with Gasteiger partial charge >= 0.3 is 0 Å². The summed E-state index contributed by atoms with van der Waals surface area (Å²) in [5, 5.41) is 13.2. The number of carbonyl (C=O) groups excluding carboxylic acids is 1. The normalized spacial score (nSPS) is 21.7. The molecule has 1 aromatic carbocycles. The number of amides is 1. The van der Waals surface area contributed by atoms with E-state index in [2.05, 4.69) is 5.32 Å². The Labute approximate surface area is 114 Å². The van der Waals surface area contributed by atoms with Crippen LogP contribution < -0.4 is 11.1 Å². The van der Waals surface area contributed by atoms with Crippen LogP contribution in [0.25, 0.3) is 0 Å². The number of nitro groups is 1. The van der Waals surface area contributed by atoms with Gasteiger partial charge < -0.3 is 15.8 Å². The van der Waals surface area contributed by atoms with Gasteiger partial charge in [0.15, 0.2) is 0 Å². The average Bonchev–Trinajstić information content (AvgIpc) is 2.89. The van der Waals surface area contributed by atoms with E-state index in [4.69, 9.17) is 10.5 Å². The van der Waals surface area contributed by atoms with Gasteiger partial charge in [0.2, 0.25) is 0 Å². The number of rotatable bonds is 4. The topological polar surface area (TPSA) is 107 Å². The third-order valence-electron chi connectivity index (χ3n) is 3.08. The van der Waals surface area contributed by atoms with E-state index >= 15 is 0 Å². The predicted molar refractivity (Wildman–Crippen MR) is 68.6 cm³/mol. The number of carbonyl (C=O) groups is 1. The van der Waals surface area contributed by atoms with Gasteiger partial charge in [0.1, 0.15) is 17.6 Å². The lowest BCUT2D eigenvalue weighted by molar-refractivity contribution is -0.384. The number of hydrogen-bond donors (Lipinski definition) is 2.